The largest absolute Gasteiger partial charge is 0.469 e. The van der Waals surface area contributed by atoms with Gasteiger partial charge in [0.05, 0.1) is 13.5 Å². The molecule has 0 fully saturated rings. The molecule has 2 rings (SSSR count). The Morgan fingerprint density at radius 1 is 1.11 bits per heavy atom. The third-order valence-electron chi connectivity index (χ3n) is 3.09. The van der Waals surface area contributed by atoms with Crippen LogP contribution in [0.4, 0.5) is 5.69 Å². The minimum absolute atomic E-state index is 0.205. The van der Waals surface area contributed by atoms with Gasteiger partial charge < -0.3 is 10.5 Å². The average Bonchev–Trinajstić information content (AvgIpc) is 2.41. The Kier molecular flexibility index (Phi) is 3.85. The summed E-state index contributed by atoms with van der Waals surface area (Å²) in [6, 6.07) is 14.0. The number of ether oxygens (including phenoxy) is 1. The van der Waals surface area contributed by atoms with Crippen LogP contribution in [0.2, 0.25) is 0 Å². The van der Waals surface area contributed by atoms with Crippen LogP contribution in [0.3, 0.4) is 0 Å². The van der Waals surface area contributed by atoms with Crippen molar-refractivity contribution in [1.82, 2.24) is 0 Å². The molecule has 2 aromatic carbocycles. The summed E-state index contributed by atoms with van der Waals surface area (Å²) in [6.45, 7) is 2.05. The summed E-state index contributed by atoms with van der Waals surface area (Å²) < 4.78 is 4.64. The Balaban J connectivity index is 2.28. The van der Waals surface area contributed by atoms with E-state index in [4.69, 9.17) is 5.73 Å². The van der Waals surface area contributed by atoms with Gasteiger partial charge in [-0.25, -0.2) is 0 Å². The molecule has 0 aliphatic carbocycles. The van der Waals surface area contributed by atoms with Gasteiger partial charge in [0, 0.05) is 5.69 Å². The smallest absolute Gasteiger partial charge is 0.310 e. The number of rotatable bonds is 3. The van der Waals surface area contributed by atoms with Crippen LogP contribution in [0.1, 0.15) is 11.1 Å². The van der Waals surface area contributed by atoms with Crippen LogP contribution in [0.15, 0.2) is 42.5 Å². The van der Waals surface area contributed by atoms with E-state index in [-0.39, 0.29) is 12.4 Å². The first kappa shape index (κ1) is 13.1. The molecule has 2 N–H and O–H groups in total. The molecule has 0 saturated carbocycles. The van der Waals surface area contributed by atoms with Crippen molar-refractivity contribution in [3.63, 3.8) is 0 Å². The topological polar surface area (TPSA) is 52.3 Å². The number of benzene rings is 2. The standard InChI is InChI=1S/C16H17NO2/c1-11-3-5-12(6-4-11)13-7-8-14(15(17)9-13)10-16(18)19-2/h3-9H,10,17H2,1-2H3. The second-order valence-corrected chi connectivity index (χ2v) is 4.53. The second-order valence-electron chi connectivity index (χ2n) is 4.53. The molecule has 0 amide bonds. The first-order valence-electron chi connectivity index (χ1n) is 6.12. The van der Waals surface area contributed by atoms with Crippen molar-refractivity contribution >= 4 is 11.7 Å². The van der Waals surface area contributed by atoms with Gasteiger partial charge in [-0.15, -0.1) is 0 Å². The molecule has 0 saturated heterocycles. The van der Waals surface area contributed by atoms with E-state index in [1.54, 1.807) is 0 Å². The number of aryl methyl sites for hydroxylation is 1. The SMILES string of the molecule is COC(=O)Cc1ccc(-c2ccc(C)cc2)cc1N. The van der Waals surface area contributed by atoms with E-state index in [0.717, 1.165) is 16.7 Å². The van der Waals surface area contributed by atoms with E-state index in [0.29, 0.717) is 5.69 Å². The molecule has 0 aliphatic heterocycles. The Bertz CT molecular complexity index is 588. The van der Waals surface area contributed by atoms with Crippen LogP contribution in [0.25, 0.3) is 11.1 Å². The van der Waals surface area contributed by atoms with Crippen molar-refractivity contribution in [2.45, 2.75) is 13.3 Å². The number of esters is 1. The molecule has 3 nitrogen and oxygen atoms in total. The predicted molar refractivity (Wildman–Crippen MR) is 76.7 cm³/mol. The molecule has 0 atom stereocenters. The molecule has 0 aromatic heterocycles. The van der Waals surface area contributed by atoms with Crippen LogP contribution >= 0.6 is 0 Å². The highest BCUT2D eigenvalue weighted by atomic mass is 16.5. The summed E-state index contributed by atoms with van der Waals surface area (Å²) in [5.74, 6) is -0.283. The number of carbonyl (C=O) groups excluding carboxylic acids is 1. The highest BCUT2D eigenvalue weighted by Crippen LogP contribution is 2.24. The monoisotopic (exact) mass is 255 g/mol. The zero-order valence-electron chi connectivity index (χ0n) is 11.1. The molecule has 0 spiro atoms. The molecule has 98 valence electrons. The Morgan fingerprint density at radius 3 is 2.32 bits per heavy atom. The minimum Gasteiger partial charge on any atom is -0.469 e. The van der Waals surface area contributed by atoms with Gasteiger partial charge in [-0.2, -0.15) is 0 Å². The Hall–Kier alpha value is -2.29. The number of hydrogen-bond donors (Lipinski definition) is 1. The maximum absolute atomic E-state index is 11.2. The average molecular weight is 255 g/mol. The molecule has 3 heteroatoms. The molecule has 0 heterocycles. The summed E-state index contributed by atoms with van der Waals surface area (Å²) in [6.07, 6.45) is 0.205. The lowest BCUT2D eigenvalue weighted by Gasteiger charge is -2.08. The van der Waals surface area contributed by atoms with Gasteiger partial charge in [0.15, 0.2) is 0 Å². The van der Waals surface area contributed by atoms with Gasteiger partial charge >= 0.3 is 5.97 Å². The van der Waals surface area contributed by atoms with Crippen LogP contribution < -0.4 is 5.73 Å². The molecular weight excluding hydrogens is 238 g/mol. The van der Waals surface area contributed by atoms with E-state index >= 15 is 0 Å². The zero-order valence-corrected chi connectivity index (χ0v) is 11.1. The number of carbonyl (C=O) groups is 1. The number of nitrogens with two attached hydrogens (primary N) is 1. The van der Waals surface area contributed by atoms with Gasteiger partial charge in [-0.1, -0.05) is 42.0 Å². The van der Waals surface area contributed by atoms with Gasteiger partial charge in [0.2, 0.25) is 0 Å². The number of methoxy groups -OCH3 is 1. The van der Waals surface area contributed by atoms with Crippen molar-refractivity contribution in [3.8, 4) is 11.1 Å². The quantitative estimate of drug-likeness (QED) is 0.677. The maximum atomic E-state index is 11.2. The van der Waals surface area contributed by atoms with Crippen LogP contribution in [0.5, 0.6) is 0 Å². The van der Waals surface area contributed by atoms with Crippen molar-refractivity contribution in [1.29, 1.82) is 0 Å². The highest BCUT2D eigenvalue weighted by molar-refractivity contribution is 5.77. The molecule has 19 heavy (non-hydrogen) atoms. The Morgan fingerprint density at radius 2 is 1.74 bits per heavy atom. The van der Waals surface area contributed by atoms with E-state index in [9.17, 15) is 4.79 Å². The summed E-state index contributed by atoms with van der Waals surface area (Å²) >= 11 is 0. The van der Waals surface area contributed by atoms with Crippen molar-refractivity contribution in [2.24, 2.45) is 0 Å². The zero-order chi connectivity index (χ0) is 13.8. The lowest BCUT2D eigenvalue weighted by molar-refractivity contribution is -0.139. The van der Waals surface area contributed by atoms with E-state index in [2.05, 4.69) is 35.9 Å². The number of anilines is 1. The lowest BCUT2D eigenvalue weighted by Crippen LogP contribution is -2.06. The van der Waals surface area contributed by atoms with Crippen molar-refractivity contribution < 1.29 is 9.53 Å². The first-order valence-corrected chi connectivity index (χ1v) is 6.12. The maximum Gasteiger partial charge on any atom is 0.310 e. The molecule has 0 unspecified atom stereocenters. The third-order valence-corrected chi connectivity index (χ3v) is 3.09. The van der Waals surface area contributed by atoms with Gasteiger partial charge in [-0.3, -0.25) is 4.79 Å². The first-order chi connectivity index (χ1) is 9.10. The fraction of sp³-hybridized carbons (Fsp3) is 0.188. The predicted octanol–water partition coefficient (Wildman–Crippen LogP) is 2.96. The molecule has 2 aromatic rings. The summed E-state index contributed by atoms with van der Waals surface area (Å²) in [5.41, 5.74) is 10.8. The second kappa shape index (κ2) is 5.57. The summed E-state index contributed by atoms with van der Waals surface area (Å²) in [7, 11) is 1.37. The normalized spacial score (nSPS) is 10.2. The summed E-state index contributed by atoms with van der Waals surface area (Å²) in [4.78, 5) is 11.2. The van der Waals surface area contributed by atoms with E-state index < -0.39 is 0 Å². The summed E-state index contributed by atoms with van der Waals surface area (Å²) in [5, 5.41) is 0. The fourth-order valence-corrected chi connectivity index (χ4v) is 1.91. The van der Waals surface area contributed by atoms with Gasteiger partial charge in [-0.05, 0) is 29.7 Å². The lowest BCUT2D eigenvalue weighted by atomic mass is 10.0. The highest BCUT2D eigenvalue weighted by Gasteiger charge is 2.07. The van der Waals surface area contributed by atoms with Crippen LogP contribution in [-0.2, 0) is 16.0 Å². The molecular formula is C16H17NO2. The number of hydrogen-bond acceptors (Lipinski definition) is 3. The molecule has 0 bridgehead atoms. The fourth-order valence-electron chi connectivity index (χ4n) is 1.91. The van der Waals surface area contributed by atoms with Crippen molar-refractivity contribution in [3.05, 3.63) is 53.6 Å². The van der Waals surface area contributed by atoms with E-state index in [1.807, 2.05) is 18.2 Å². The number of nitrogen functional groups attached to an aromatic ring is 1. The third kappa shape index (κ3) is 3.13. The van der Waals surface area contributed by atoms with E-state index in [1.165, 1.54) is 12.7 Å². The molecule has 0 radical (unpaired) electrons. The minimum atomic E-state index is -0.283. The Labute approximate surface area is 113 Å². The van der Waals surface area contributed by atoms with Crippen LogP contribution in [0, 0.1) is 6.92 Å². The van der Waals surface area contributed by atoms with Gasteiger partial charge in [0.25, 0.3) is 0 Å². The molecule has 0 aliphatic rings. The van der Waals surface area contributed by atoms with Gasteiger partial charge in [0.1, 0.15) is 0 Å². The van der Waals surface area contributed by atoms with Crippen LogP contribution in [-0.4, -0.2) is 13.1 Å². The van der Waals surface area contributed by atoms with Crippen molar-refractivity contribution in [2.75, 3.05) is 12.8 Å².